The Kier molecular flexibility index (Phi) is 7.25. The van der Waals surface area contributed by atoms with Gasteiger partial charge in [0.15, 0.2) is 29.2 Å². The molecule has 1 saturated carbocycles. The van der Waals surface area contributed by atoms with Gasteiger partial charge in [-0.3, -0.25) is 9.09 Å². The van der Waals surface area contributed by atoms with Gasteiger partial charge in [0.2, 0.25) is 0 Å². The third-order valence-corrected chi connectivity index (χ3v) is 10.8. The summed E-state index contributed by atoms with van der Waals surface area (Å²) in [4.78, 5) is 47.4. The van der Waals surface area contributed by atoms with E-state index in [4.69, 9.17) is 57.9 Å². The van der Waals surface area contributed by atoms with Gasteiger partial charge in [-0.1, -0.05) is 6.58 Å². The molecule has 0 spiro atoms. The summed E-state index contributed by atoms with van der Waals surface area (Å²) < 4.78 is 33.0. The lowest BCUT2D eigenvalue weighted by Crippen LogP contribution is -2.42. The highest BCUT2D eigenvalue weighted by Gasteiger charge is 2.48. The molecular weight excluding hydrogens is 642 g/mol. The fourth-order valence-corrected chi connectivity index (χ4v) is 8.58. The van der Waals surface area contributed by atoms with Crippen LogP contribution in [0.1, 0.15) is 25.1 Å². The van der Waals surface area contributed by atoms with Crippen LogP contribution in [0.5, 0.6) is 0 Å². The Bertz CT molecular complexity index is 1840. The van der Waals surface area contributed by atoms with Gasteiger partial charge in [0.05, 0.1) is 32.0 Å². The second-order valence-electron chi connectivity index (χ2n) is 10.4. The summed E-state index contributed by atoms with van der Waals surface area (Å²) in [7, 11) is 0. The van der Waals surface area contributed by atoms with Crippen molar-refractivity contribution in [3.63, 3.8) is 0 Å². The highest BCUT2D eigenvalue weighted by atomic mass is 32.5. The van der Waals surface area contributed by atoms with Gasteiger partial charge in [-0.05, 0) is 24.1 Å². The summed E-state index contributed by atoms with van der Waals surface area (Å²) >= 11 is 10.8. The Balaban J connectivity index is 1.18. The van der Waals surface area contributed by atoms with Crippen LogP contribution in [-0.2, 0) is 46.4 Å². The van der Waals surface area contributed by atoms with Crippen LogP contribution in [-0.4, -0.2) is 74.2 Å². The Hall–Kier alpha value is -2.70. The van der Waals surface area contributed by atoms with Crippen molar-refractivity contribution >= 4 is 71.0 Å². The number of imidazole rings is 2. The molecule has 6 heterocycles. The van der Waals surface area contributed by atoms with Gasteiger partial charge in [-0.25, -0.2) is 29.9 Å². The molecule has 2 bridgehead atoms. The average Bonchev–Trinajstić information content (AvgIpc) is 3.64. The van der Waals surface area contributed by atoms with E-state index in [0.717, 1.165) is 0 Å². The molecule has 43 heavy (non-hydrogen) atoms. The Morgan fingerprint density at radius 2 is 1.49 bits per heavy atom. The molecule has 0 radical (unpaired) electrons. The molecule has 3 aliphatic rings. The van der Waals surface area contributed by atoms with Crippen LogP contribution in [0, 0.1) is 11.8 Å². The summed E-state index contributed by atoms with van der Waals surface area (Å²) in [5, 5.41) is 0. The number of aromatic nitrogens is 8. The first-order valence-electron chi connectivity index (χ1n) is 13.0. The standard InChI is InChI=1S/C22H26N10O7P2S2/c1-10-15-11(2-13(15)31-8-29-16-18(23)25-6-27-20(16)31)4-35-41(34,43)39-14-3-12(5-36-40(33,42)38-10)37-22(14)32-9-30-17-19(24)26-7-28-21(17)32/h6-9,11-15,22H,1-5H2,(H,33,42)(H,34,43)(H2,23,25,27)(H2,24,26,28)/t11-,12+,13-,14-,15-,22-,40?,41?/m1/s1. The monoisotopic (exact) mass is 668 g/mol. The van der Waals surface area contributed by atoms with Crippen molar-refractivity contribution in [3.05, 3.63) is 37.6 Å². The van der Waals surface area contributed by atoms with Crippen LogP contribution in [0.3, 0.4) is 0 Å². The zero-order valence-corrected chi connectivity index (χ0v) is 25.6. The van der Waals surface area contributed by atoms with Gasteiger partial charge in [-0.2, -0.15) is 0 Å². The first-order chi connectivity index (χ1) is 20.5. The van der Waals surface area contributed by atoms with Crippen LogP contribution < -0.4 is 11.5 Å². The number of anilines is 2. The molecule has 8 atom stereocenters. The van der Waals surface area contributed by atoms with Gasteiger partial charge in [0, 0.05) is 30.2 Å². The lowest BCUT2D eigenvalue weighted by atomic mass is 9.68. The maximum Gasteiger partial charge on any atom is 0.377 e. The fraction of sp³-hybridized carbons (Fsp3) is 0.455. The number of allylic oxidation sites excluding steroid dienone is 1. The van der Waals surface area contributed by atoms with Crippen LogP contribution >= 0.6 is 13.4 Å². The zero-order chi connectivity index (χ0) is 30.1. The predicted molar refractivity (Wildman–Crippen MR) is 159 cm³/mol. The van der Waals surface area contributed by atoms with Gasteiger partial charge < -0.3 is 44.1 Å². The number of fused-ring (bicyclic) bond motifs is 5. The molecule has 2 saturated heterocycles. The molecule has 7 rings (SSSR count). The number of hydrogen-bond donors (Lipinski definition) is 4. The summed E-state index contributed by atoms with van der Waals surface area (Å²) in [6, 6.07) is -0.256. The summed E-state index contributed by atoms with van der Waals surface area (Å²) in [5.41, 5.74) is 13.7. The molecule has 17 nitrogen and oxygen atoms in total. The molecule has 2 unspecified atom stereocenters. The number of hydrogen-bond acceptors (Lipinski definition) is 15. The molecule has 228 valence electrons. The zero-order valence-electron chi connectivity index (χ0n) is 22.2. The van der Waals surface area contributed by atoms with E-state index in [-0.39, 0.29) is 49.0 Å². The van der Waals surface area contributed by atoms with Crippen molar-refractivity contribution in [2.24, 2.45) is 11.8 Å². The van der Waals surface area contributed by atoms with Crippen molar-refractivity contribution in [2.75, 3.05) is 24.7 Å². The minimum atomic E-state index is -3.81. The summed E-state index contributed by atoms with van der Waals surface area (Å²) in [6.45, 7) is -3.67. The van der Waals surface area contributed by atoms with Gasteiger partial charge in [0.25, 0.3) is 0 Å². The third-order valence-electron chi connectivity index (χ3n) is 7.77. The van der Waals surface area contributed by atoms with E-state index in [1.165, 1.54) is 19.0 Å². The quantitative estimate of drug-likeness (QED) is 0.223. The molecule has 0 aromatic carbocycles. The number of ether oxygens (including phenoxy) is 1. The van der Waals surface area contributed by atoms with Crippen molar-refractivity contribution in [3.8, 4) is 0 Å². The molecule has 6 N–H and O–H groups in total. The maximum atomic E-state index is 11.1. The van der Waals surface area contributed by atoms with Gasteiger partial charge >= 0.3 is 13.4 Å². The Morgan fingerprint density at radius 3 is 2.19 bits per heavy atom. The second-order valence-corrected chi connectivity index (χ2v) is 15.9. The number of nitrogens with zero attached hydrogens (tertiary/aromatic N) is 8. The van der Waals surface area contributed by atoms with Gasteiger partial charge in [-0.15, -0.1) is 0 Å². The number of nitrogen functional groups attached to an aromatic ring is 2. The van der Waals surface area contributed by atoms with E-state index < -0.39 is 37.8 Å². The van der Waals surface area contributed by atoms with E-state index in [2.05, 4.69) is 36.5 Å². The van der Waals surface area contributed by atoms with Crippen LogP contribution in [0.15, 0.2) is 37.6 Å². The molecule has 4 aromatic rings. The molecule has 1 aliphatic carbocycles. The molecular formula is C22H26N10O7P2S2. The third kappa shape index (κ3) is 5.33. The first-order valence-corrected chi connectivity index (χ1v) is 18.2. The van der Waals surface area contributed by atoms with Crippen molar-refractivity contribution in [2.45, 2.75) is 37.3 Å². The number of nitrogens with two attached hydrogens (primary N) is 2. The van der Waals surface area contributed by atoms with Gasteiger partial charge in [0.1, 0.15) is 35.6 Å². The van der Waals surface area contributed by atoms with E-state index >= 15 is 0 Å². The van der Waals surface area contributed by atoms with E-state index in [0.29, 0.717) is 28.7 Å². The van der Waals surface area contributed by atoms with Crippen molar-refractivity contribution < 1.29 is 32.6 Å². The molecule has 4 aromatic heterocycles. The minimum Gasteiger partial charge on any atom is -0.429 e. The lowest BCUT2D eigenvalue weighted by Gasteiger charge is -2.46. The van der Waals surface area contributed by atoms with Crippen LogP contribution in [0.25, 0.3) is 22.3 Å². The lowest BCUT2D eigenvalue weighted by molar-refractivity contribution is -0.0447. The number of rotatable bonds is 2. The minimum absolute atomic E-state index is 0.00960. The van der Waals surface area contributed by atoms with E-state index in [1.807, 2.05) is 4.57 Å². The van der Waals surface area contributed by atoms with Crippen LogP contribution in [0.4, 0.5) is 11.6 Å². The SMILES string of the molecule is C=C1OP(O)(=S)OC[C@@H]2C[C@@H](OP(O)(=S)OC[C@H]3C[C@@H](n4cnc5c(N)ncnc54)[C@H]13)[C@H](n1cnc3c(N)ncnc31)O2. The molecule has 3 fully saturated rings. The Labute approximate surface area is 253 Å². The maximum absolute atomic E-state index is 11.1. The van der Waals surface area contributed by atoms with Crippen molar-refractivity contribution in [1.82, 2.24) is 39.0 Å². The van der Waals surface area contributed by atoms with E-state index in [1.54, 1.807) is 10.9 Å². The fourth-order valence-electron chi connectivity index (χ4n) is 5.79. The van der Waals surface area contributed by atoms with E-state index in [9.17, 15) is 9.79 Å². The highest BCUT2D eigenvalue weighted by molar-refractivity contribution is 8.07. The summed E-state index contributed by atoms with van der Waals surface area (Å²) in [5.74, 6) is -0.0526. The topological polar surface area (TPSA) is 226 Å². The van der Waals surface area contributed by atoms with Crippen molar-refractivity contribution in [1.29, 1.82) is 0 Å². The molecule has 0 amide bonds. The highest BCUT2D eigenvalue weighted by Crippen LogP contribution is 2.57. The van der Waals surface area contributed by atoms with Crippen LogP contribution in [0.2, 0.25) is 0 Å². The predicted octanol–water partition coefficient (Wildman–Crippen LogP) is 1.69. The average molecular weight is 669 g/mol. The Morgan fingerprint density at radius 1 is 0.860 bits per heavy atom. The second kappa shape index (κ2) is 10.7. The largest absolute Gasteiger partial charge is 0.429 e. The normalized spacial score (nSPS) is 35.3. The molecule has 21 heteroatoms. The molecule has 2 aliphatic heterocycles. The first kappa shape index (κ1) is 29.0. The smallest absolute Gasteiger partial charge is 0.377 e. The summed E-state index contributed by atoms with van der Waals surface area (Å²) in [6.07, 6.45) is 4.25.